The molecule has 0 saturated heterocycles. The van der Waals surface area contributed by atoms with Crippen molar-refractivity contribution in [2.75, 3.05) is 20.7 Å². The maximum Gasteiger partial charge on any atom is 0.119 e. The number of hydrogen-bond donors (Lipinski definition) is 1. The van der Waals surface area contributed by atoms with Crippen LogP contribution in [-0.2, 0) is 12.0 Å². The third-order valence-electron chi connectivity index (χ3n) is 5.36. The number of benzene rings is 1. The van der Waals surface area contributed by atoms with Crippen molar-refractivity contribution in [2.24, 2.45) is 5.73 Å². The molecule has 1 aliphatic rings. The molecular weight excluding hydrogens is 260 g/mol. The molecule has 21 heavy (non-hydrogen) atoms. The molecule has 1 aliphatic carbocycles. The van der Waals surface area contributed by atoms with Gasteiger partial charge in [-0.3, -0.25) is 4.90 Å². The van der Waals surface area contributed by atoms with Crippen LogP contribution in [0.4, 0.5) is 0 Å². The highest BCUT2D eigenvalue weighted by Crippen LogP contribution is 2.42. The minimum absolute atomic E-state index is 0.0428. The Balaban J connectivity index is 2.50. The predicted molar refractivity (Wildman–Crippen MR) is 88.8 cm³/mol. The van der Waals surface area contributed by atoms with E-state index in [1.807, 2.05) is 0 Å². The Morgan fingerprint density at radius 3 is 2.62 bits per heavy atom. The molecule has 0 aliphatic heterocycles. The summed E-state index contributed by atoms with van der Waals surface area (Å²) in [5.74, 6) is 0.937. The van der Waals surface area contributed by atoms with Crippen LogP contribution in [-0.4, -0.2) is 31.6 Å². The van der Waals surface area contributed by atoms with E-state index in [1.165, 1.54) is 17.5 Å². The van der Waals surface area contributed by atoms with E-state index in [0.29, 0.717) is 12.6 Å². The minimum atomic E-state index is -0.0428. The Kier molecular flexibility index (Phi) is 5.28. The van der Waals surface area contributed by atoms with Gasteiger partial charge in [-0.05, 0) is 62.4 Å². The van der Waals surface area contributed by atoms with E-state index in [-0.39, 0.29) is 5.54 Å². The number of methoxy groups -OCH3 is 1. The Morgan fingerprint density at radius 1 is 1.33 bits per heavy atom. The standard InChI is InChI=1S/C18H30N2O/c1-5-15(6-2)20(3)18(13-19)11-7-8-14-9-10-16(21-4)12-17(14)18/h9-10,12,15H,5-8,11,13,19H2,1-4H3. The van der Waals surface area contributed by atoms with Crippen LogP contribution in [0.3, 0.4) is 0 Å². The summed E-state index contributed by atoms with van der Waals surface area (Å²) in [5.41, 5.74) is 9.08. The fraction of sp³-hybridized carbons (Fsp3) is 0.667. The fourth-order valence-corrected chi connectivity index (χ4v) is 3.95. The zero-order valence-corrected chi connectivity index (χ0v) is 14.0. The molecule has 2 N–H and O–H groups in total. The monoisotopic (exact) mass is 290 g/mol. The van der Waals surface area contributed by atoms with E-state index >= 15 is 0 Å². The Bertz CT molecular complexity index is 470. The highest BCUT2D eigenvalue weighted by Gasteiger charge is 2.41. The molecule has 0 saturated carbocycles. The second-order valence-corrected chi connectivity index (χ2v) is 6.19. The molecule has 2 rings (SSSR count). The van der Waals surface area contributed by atoms with Crippen LogP contribution < -0.4 is 10.5 Å². The van der Waals surface area contributed by atoms with E-state index in [2.05, 4.69) is 44.0 Å². The molecule has 118 valence electrons. The molecule has 3 heteroatoms. The van der Waals surface area contributed by atoms with Gasteiger partial charge in [0.25, 0.3) is 0 Å². The quantitative estimate of drug-likeness (QED) is 0.873. The summed E-state index contributed by atoms with van der Waals surface area (Å²) in [6.07, 6.45) is 5.82. The lowest BCUT2D eigenvalue weighted by Crippen LogP contribution is -2.54. The van der Waals surface area contributed by atoms with Gasteiger partial charge in [0, 0.05) is 12.6 Å². The number of hydrogen-bond acceptors (Lipinski definition) is 3. The van der Waals surface area contributed by atoms with Gasteiger partial charge in [0.05, 0.1) is 12.6 Å². The van der Waals surface area contributed by atoms with E-state index in [4.69, 9.17) is 10.5 Å². The van der Waals surface area contributed by atoms with Crippen molar-refractivity contribution in [3.8, 4) is 5.75 Å². The van der Waals surface area contributed by atoms with Crippen molar-refractivity contribution >= 4 is 0 Å². The predicted octanol–water partition coefficient (Wildman–Crippen LogP) is 3.31. The lowest BCUT2D eigenvalue weighted by molar-refractivity contribution is 0.0540. The number of nitrogens with two attached hydrogens (primary N) is 1. The van der Waals surface area contributed by atoms with Crippen molar-refractivity contribution in [1.82, 2.24) is 4.90 Å². The summed E-state index contributed by atoms with van der Waals surface area (Å²) in [5, 5.41) is 0. The highest BCUT2D eigenvalue weighted by atomic mass is 16.5. The molecule has 0 fully saturated rings. The van der Waals surface area contributed by atoms with E-state index in [9.17, 15) is 0 Å². The zero-order valence-electron chi connectivity index (χ0n) is 14.0. The van der Waals surface area contributed by atoms with Crippen LogP contribution in [0.2, 0.25) is 0 Å². The van der Waals surface area contributed by atoms with Crippen molar-refractivity contribution in [3.63, 3.8) is 0 Å². The first-order valence-electron chi connectivity index (χ1n) is 8.23. The van der Waals surface area contributed by atoms with Crippen LogP contribution in [0, 0.1) is 0 Å². The Morgan fingerprint density at radius 2 is 2.05 bits per heavy atom. The van der Waals surface area contributed by atoms with Gasteiger partial charge >= 0.3 is 0 Å². The molecule has 0 amide bonds. The van der Waals surface area contributed by atoms with Gasteiger partial charge in [-0.15, -0.1) is 0 Å². The normalized spacial score (nSPS) is 21.7. The first-order chi connectivity index (χ1) is 10.1. The third-order valence-corrected chi connectivity index (χ3v) is 5.36. The van der Waals surface area contributed by atoms with Crippen LogP contribution in [0.15, 0.2) is 18.2 Å². The molecule has 0 aromatic heterocycles. The maximum atomic E-state index is 6.31. The van der Waals surface area contributed by atoms with Crippen molar-refractivity contribution in [3.05, 3.63) is 29.3 Å². The largest absolute Gasteiger partial charge is 0.497 e. The van der Waals surface area contributed by atoms with E-state index in [1.54, 1.807) is 7.11 Å². The highest BCUT2D eigenvalue weighted by molar-refractivity contribution is 5.42. The molecule has 1 aromatic rings. The molecular formula is C18H30N2O. The molecule has 1 atom stereocenters. The molecule has 1 unspecified atom stereocenters. The lowest BCUT2D eigenvalue weighted by atomic mass is 9.74. The zero-order chi connectivity index (χ0) is 15.5. The van der Waals surface area contributed by atoms with Crippen LogP contribution in [0.1, 0.15) is 50.7 Å². The third kappa shape index (κ3) is 2.82. The smallest absolute Gasteiger partial charge is 0.119 e. The van der Waals surface area contributed by atoms with Gasteiger partial charge in [0.15, 0.2) is 0 Å². The van der Waals surface area contributed by atoms with Gasteiger partial charge in [-0.2, -0.15) is 0 Å². The number of aryl methyl sites for hydroxylation is 1. The average molecular weight is 290 g/mol. The second kappa shape index (κ2) is 6.80. The molecule has 0 bridgehead atoms. The summed E-state index contributed by atoms with van der Waals surface area (Å²) < 4.78 is 5.45. The van der Waals surface area contributed by atoms with Crippen LogP contribution in [0.5, 0.6) is 5.75 Å². The number of fused-ring (bicyclic) bond motifs is 1. The lowest BCUT2D eigenvalue weighted by Gasteiger charge is -2.48. The van der Waals surface area contributed by atoms with Gasteiger partial charge in [0.2, 0.25) is 0 Å². The number of likely N-dealkylation sites (N-methyl/N-ethyl adjacent to an activating group) is 1. The molecule has 0 heterocycles. The topological polar surface area (TPSA) is 38.5 Å². The van der Waals surface area contributed by atoms with Gasteiger partial charge in [0.1, 0.15) is 5.75 Å². The van der Waals surface area contributed by atoms with E-state index in [0.717, 1.165) is 31.4 Å². The second-order valence-electron chi connectivity index (χ2n) is 6.19. The van der Waals surface area contributed by atoms with Crippen LogP contribution >= 0.6 is 0 Å². The number of ether oxygens (including phenoxy) is 1. The van der Waals surface area contributed by atoms with Crippen LogP contribution in [0.25, 0.3) is 0 Å². The summed E-state index contributed by atoms with van der Waals surface area (Å²) in [7, 11) is 3.98. The number of nitrogens with zero attached hydrogens (tertiary/aromatic N) is 1. The summed E-state index contributed by atoms with van der Waals surface area (Å²) in [6.45, 7) is 5.20. The number of rotatable bonds is 6. The molecule has 3 nitrogen and oxygen atoms in total. The van der Waals surface area contributed by atoms with Gasteiger partial charge in [-0.1, -0.05) is 19.9 Å². The maximum absolute atomic E-state index is 6.31. The summed E-state index contributed by atoms with van der Waals surface area (Å²) in [6, 6.07) is 7.08. The minimum Gasteiger partial charge on any atom is -0.497 e. The SMILES string of the molecule is CCC(CC)N(C)C1(CN)CCCc2ccc(OC)cc21. The van der Waals surface area contributed by atoms with Crippen molar-refractivity contribution in [2.45, 2.75) is 57.5 Å². The summed E-state index contributed by atoms with van der Waals surface area (Å²) >= 11 is 0. The van der Waals surface area contributed by atoms with Gasteiger partial charge < -0.3 is 10.5 Å². The van der Waals surface area contributed by atoms with Gasteiger partial charge in [-0.25, -0.2) is 0 Å². The average Bonchev–Trinajstić information content (AvgIpc) is 2.54. The van der Waals surface area contributed by atoms with Crippen molar-refractivity contribution in [1.29, 1.82) is 0 Å². The van der Waals surface area contributed by atoms with E-state index < -0.39 is 0 Å². The molecule has 0 radical (unpaired) electrons. The summed E-state index contributed by atoms with van der Waals surface area (Å²) in [4.78, 5) is 2.53. The Labute approximate surface area is 129 Å². The van der Waals surface area contributed by atoms with Crippen molar-refractivity contribution < 1.29 is 4.74 Å². The Hall–Kier alpha value is -1.06. The molecule has 1 aromatic carbocycles. The molecule has 0 spiro atoms. The first kappa shape index (κ1) is 16.3. The first-order valence-corrected chi connectivity index (χ1v) is 8.23. The fourth-order valence-electron chi connectivity index (χ4n) is 3.95.